The summed E-state index contributed by atoms with van der Waals surface area (Å²) in [6.45, 7) is 11.5. The fraction of sp³-hybridized carbons (Fsp3) is 0.800. The SMILES string of the molecule is CO[C@H]([C@@H](C)[C@H]1O[C@]1(C)C[C@](C)(O)/C=C/C=C(\C)[C@H]1O[C@@H](CC(=O)O)CC[C@@H]1C)[C@@H](C)O. The predicted octanol–water partition coefficient (Wildman–Crippen LogP) is 3.48. The number of aliphatic hydroxyl groups is 2. The molecule has 2 rings (SSSR count). The van der Waals surface area contributed by atoms with Gasteiger partial charge in [-0.15, -0.1) is 0 Å². The van der Waals surface area contributed by atoms with E-state index in [4.69, 9.17) is 19.3 Å². The van der Waals surface area contributed by atoms with Crippen LogP contribution >= 0.6 is 0 Å². The normalized spacial score (nSPS) is 35.8. The molecule has 0 unspecified atom stereocenters. The van der Waals surface area contributed by atoms with Gasteiger partial charge in [0.25, 0.3) is 0 Å². The molecular formula is C25H42O7. The molecule has 0 aliphatic carbocycles. The minimum absolute atomic E-state index is 0.00407. The number of aliphatic carboxylic acids is 1. The van der Waals surface area contributed by atoms with Gasteiger partial charge in [-0.05, 0) is 52.0 Å². The average Bonchev–Trinajstić information content (AvgIpc) is 3.32. The molecule has 2 aliphatic rings. The number of hydrogen-bond acceptors (Lipinski definition) is 6. The summed E-state index contributed by atoms with van der Waals surface area (Å²) in [6, 6.07) is 0. The van der Waals surface area contributed by atoms with Crippen LogP contribution in [0, 0.1) is 11.8 Å². The Morgan fingerprint density at radius 3 is 2.56 bits per heavy atom. The lowest BCUT2D eigenvalue weighted by Gasteiger charge is -2.35. The third-order valence-corrected chi connectivity index (χ3v) is 6.86. The summed E-state index contributed by atoms with van der Waals surface area (Å²) in [5.41, 5.74) is -0.541. The van der Waals surface area contributed by atoms with E-state index >= 15 is 0 Å². The lowest BCUT2D eigenvalue weighted by molar-refractivity contribution is -0.143. The molecule has 2 heterocycles. The third-order valence-electron chi connectivity index (χ3n) is 6.86. The van der Waals surface area contributed by atoms with Crippen LogP contribution in [0.25, 0.3) is 0 Å². The van der Waals surface area contributed by atoms with Crippen LogP contribution in [-0.2, 0) is 19.0 Å². The Kier molecular flexibility index (Phi) is 9.10. The molecule has 184 valence electrons. The molecule has 9 atom stereocenters. The molecule has 32 heavy (non-hydrogen) atoms. The summed E-state index contributed by atoms with van der Waals surface area (Å²) in [7, 11) is 1.59. The molecule has 0 saturated carbocycles. The summed E-state index contributed by atoms with van der Waals surface area (Å²) in [6.07, 6.45) is 6.27. The van der Waals surface area contributed by atoms with E-state index < -0.39 is 23.3 Å². The highest BCUT2D eigenvalue weighted by Crippen LogP contribution is 2.48. The van der Waals surface area contributed by atoms with E-state index in [1.54, 1.807) is 27.0 Å². The molecule has 3 N–H and O–H groups in total. The van der Waals surface area contributed by atoms with Gasteiger partial charge in [0.15, 0.2) is 0 Å². The second-order valence-corrected chi connectivity index (χ2v) is 10.3. The lowest BCUT2D eigenvalue weighted by Crippen LogP contribution is -2.38. The minimum Gasteiger partial charge on any atom is -0.481 e. The van der Waals surface area contributed by atoms with E-state index in [0.717, 1.165) is 18.4 Å². The molecule has 0 aromatic carbocycles. The molecule has 7 heteroatoms. The Hall–Kier alpha value is -1.25. The molecule has 0 bridgehead atoms. The van der Waals surface area contributed by atoms with Crippen molar-refractivity contribution in [2.75, 3.05) is 7.11 Å². The summed E-state index contributed by atoms with van der Waals surface area (Å²) in [5.74, 6) is -0.529. The van der Waals surface area contributed by atoms with Crippen molar-refractivity contribution in [2.45, 2.75) is 109 Å². The first-order chi connectivity index (χ1) is 14.8. The first-order valence-corrected chi connectivity index (χ1v) is 11.6. The van der Waals surface area contributed by atoms with Gasteiger partial charge >= 0.3 is 5.97 Å². The number of epoxide rings is 1. The van der Waals surface area contributed by atoms with Gasteiger partial charge in [-0.3, -0.25) is 4.79 Å². The standard InChI is InChI=1S/C25H42O7/c1-15(21-16(2)10-11-19(31-21)13-20(27)28)9-8-12-24(5,29)14-25(6)23(32-25)17(3)22(30-7)18(4)26/h8-9,12,16-19,21-23,26,29H,10-11,13-14H2,1-7H3,(H,27,28)/b12-8+,15-9+/t16-,17+,18+,19+,21+,22+,23+,24+,25+/m0/s1. The number of methoxy groups -OCH3 is 1. The van der Waals surface area contributed by atoms with Crippen molar-refractivity contribution in [3.05, 3.63) is 23.8 Å². The lowest BCUT2D eigenvalue weighted by atomic mass is 9.84. The average molecular weight is 455 g/mol. The Labute approximate surface area is 192 Å². The maximum absolute atomic E-state index is 11.0. The largest absolute Gasteiger partial charge is 0.481 e. The van der Waals surface area contributed by atoms with E-state index in [1.807, 2.05) is 32.9 Å². The zero-order valence-corrected chi connectivity index (χ0v) is 20.6. The molecule has 7 nitrogen and oxygen atoms in total. The maximum Gasteiger partial charge on any atom is 0.305 e. The highest BCUT2D eigenvalue weighted by atomic mass is 16.6. The fourth-order valence-corrected chi connectivity index (χ4v) is 5.27. The number of carboxylic acid groups (broad SMARTS) is 1. The first kappa shape index (κ1) is 27.0. The van der Waals surface area contributed by atoms with Crippen LogP contribution in [0.15, 0.2) is 23.8 Å². The number of rotatable bonds is 11. The van der Waals surface area contributed by atoms with Crippen LogP contribution in [0.5, 0.6) is 0 Å². The Morgan fingerprint density at radius 1 is 1.34 bits per heavy atom. The predicted molar refractivity (Wildman–Crippen MR) is 122 cm³/mol. The van der Waals surface area contributed by atoms with Gasteiger partial charge in [-0.1, -0.05) is 32.1 Å². The van der Waals surface area contributed by atoms with Crippen molar-refractivity contribution in [2.24, 2.45) is 11.8 Å². The van der Waals surface area contributed by atoms with Crippen molar-refractivity contribution in [1.82, 2.24) is 0 Å². The van der Waals surface area contributed by atoms with Crippen molar-refractivity contribution < 1.29 is 34.3 Å². The Morgan fingerprint density at radius 2 is 2.00 bits per heavy atom. The Balaban J connectivity index is 1.97. The van der Waals surface area contributed by atoms with E-state index in [2.05, 4.69) is 6.92 Å². The molecule has 0 aromatic rings. The van der Waals surface area contributed by atoms with Gasteiger partial charge in [-0.2, -0.15) is 0 Å². The Bertz CT molecular complexity index is 698. The third kappa shape index (κ3) is 7.12. The van der Waals surface area contributed by atoms with Crippen molar-refractivity contribution in [3.63, 3.8) is 0 Å². The van der Waals surface area contributed by atoms with Crippen molar-refractivity contribution >= 4 is 5.97 Å². The van der Waals surface area contributed by atoms with Crippen LogP contribution in [-0.4, -0.2) is 70.1 Å². The number of hydrogen-bond donors (Lipinski definition) is 3. The molecule has 0 spiro atoms. The summed E-state index contributed by atoms with van der Waals surface area (Å²) < 4.78 is 17.4. The molecule has 0 radical (unpaired) electrons. The second kappa shape index (κ2) is 10.8. The highest BCUT2D eigenvalue weighted by Gasteiger charge is 2.58. The second-order valence-electron chi connectivity index (χ2n) is 10.3. The smallest absolute Gasteiger partial charge is 0.305 e. The minimum atomic E-state index is -1.07. The van der Waals surface area contributed by atoms with Crippen molar-refractivity contribution in [1.29, 1.82) is 0 Å². The van der Waals surface area contributed by atoms with Gasteiger partial charge < -0.3 is 29.5 Å². The number of allylic oxidation sites excluding steroid dienone is 2. The van der Waals surface area contributed by atoms with Crippen molar-refractivity contribution in [3.8, 4) is 0 Å². The van der Waals surface area contributed by atoms with Gasteiger partial charge in [0.2, 0.25) is 0 Å². The summed E-state index contributed by atoms with van der Waals surface area (Å²) in [4.78, 5) is 11.0. The quantitative estimate of drug-likeness (QED) is 0.324. The molecule has 0 amide bonds. The number of carbonyl (C=O) groups is 1. The van der Waals surface area contributed by atoms with Crippen LogP contribution in [0.3, 0.4) is 0 Å². The van der Waals surface area contributed by atoms with Crippen LogP contribution < -0.4 is 0 Å². The molecular weight excluding hydrogens is 412 g/mol. The molecule has 2 fully saturated rings. The first-order valence-electron chi connectivity index (χ1n) is 11.6. The van der Waals surface area contributed by atoms with E-state index in [0.29, 0.717) is 12.3 Å². The maximum atomic E-state index is 11.0. The summed E-state index contributed by atoms with van der Waals surface area (Å²) in [5, 5.41) is 29.9. The highest BCUT2D eigenvalue weighted by molar-refractivity contribution is 5.67. The summed E-state index contributed by atoms with van der Waals surface area (Å²) >= 11 is 0. The number of aliphatic hydroxyl groups excluding tert-OH is 1. The zero-order chi connectivity index (χ0) is 24.3. The fourth-order valence-electron chi connectivity index (χ4n) is 5.27. The number of ether oxygens (including phenoxy) is 3. The van der Waals surface area contributed by atoms with Gasteiger partial charge in [0, 0.05) is 19.4 Å². The molecule has 2 aliphatic heterocycles. The zero-order valence-electron chi connectivity index (χ0n) is 20.6. The van der Waals surface area contributed by atoms with Gasteiger partial charge in [-0.25, -0.2) is 0 Å². The van der Waals surface area contributed by atoms with Crippen LogP contribution in [0.2, 0.25) is 0 Å². The van der Waals surface area contributed by atoms with E-state index in [9.17, 15) is 15.0 Å². The van der Waals surface area contributed by atoms with Gasteiger partial charge in [0.05, 0.1) is 48.1 Å². The number of carboxylic acids is 1. The monoisotopic (exact) mass is 454 g/mol. The topological polar surface area (TPSA) is 109 Å². The molecule has 2 saturated heterocycles. The van der Waals surface area contributed by atoms with E-state index in [-0.39, 0.29) is 36.8 Å². The van der Waals surface area contributed by atoms with E-state index in [1.165, 1.54) is 0 Å². The van der Waals surface area contributed by atoms with Crippen LogP contribution in [0.1, 0.15) is 67.2 Å². The van der Waals surface area contributed by atoms with Crippen LogP contribution in [0.4, 0.5) is 0 Å². The van der Waals surface area contributed by atoms with Gasteiger partial charge in [0.1, 0.15) is 0 Å². The molecule has 0 aromatic heterocycles.